The molecule has 5 nitrogen and oxygen atoms in total. The smallest absolute Gasteiger partial charge is 0.267 e. The first kappa shape index (κ1) is 16.4. The van der Waals surface area contributed by atoms with Crippen molar-refractivity contribution in [1.82, 2.24) is 9.97 Å². The molecule has 0 fully saturated rings. The minimum absolute atomic E-state index is 0.257. The van der Waals surface area contributed by atoms with Crippen molar-refractivity contribution in [2.75, 3.05) is 12.4 Å². The minimum atomic E-state index is -0.257. The molecule has 7 heteroatoms. The number of methoxy groups -OCH3 is 1. The SMILES string of the molecule is COc1ccc(Cl)cc1NC(=O)c1sc(-c2ccccn2)nc1C. The number of hydrogen-bond donors (Lipinski definition) is 1. The Hall–Kier alpha value is -2.44. The van der Waals surface area contributed by atoms with Crippen LogP contribution in [0, 0.1) is 6.92 Å². The molecule has 2 heterocycles. The standard InChI is InChI=1S/C17H14ClN3O2S/c1-10-15(24-17(20-10)12-5-3-4-8-19-12)16(22)21-13-9-11(18)6-7-14(13)23-2/h3-9H,1-2H3,(H,21,22). The van der Waals surface area contributed by atoms with Crippen LogP contribution in [0.15, 0.2) is 42.6 Å². The van der Waals surface area contributed by atoms with Crippen molar-refractivity contribution >= 4 is 34.5 Å². The van der Waals surface area contributed by atoms with Crippen LogP contribution in [0.1, 0.15) is 15.4 Å². The van der Waals surface area contributed by atoms with Crippen LogP contribution < -0.4 is 10.1 Å². The van der Waals surface area contributed by atoms with Crippen molar-refractivity contribution in [3.05, 3.63) is 58.2 Å². The number of anilines is 1. The molecule has 0 spiro atoms. The Morgan fingerprint density at radius 1 is 1.29 bits per heavy atom. The minimum Gasteiger partial charge on any atom is -0.495 e. The van der Waals surface area contributed by atoms with Crippen LogP contribution in [0.5, 0.6) is 5.75 Å². The number of nitrogens with one attached hydrogen (secondary N) is 1. The maximum Gasteiger partial charge on any atom is 0.267 e. The van der Waals surface area contributed by atoms with E-state index in [1.807, 2.05) is 18.2 Å². The molecular formula is C17H14ClN3O2S. The van der Waals surface area contributed by atoms with Crippen molar-refractivity contribution in [1.29, 1.82) is 0 Å². The van der Waals surface area contributed by atoms with Crippen LogP contribution in [0.2, 0.25) is 5.02 Å². The fraction of sp³-hybridized carbons (Fsp3) is 0.118. The molecule has 0 bridgehead atoms. The third-order valence-corrected chi connectivity index (χ3v) is 4.71. The lowest BCUT2D eigenvalue weighted by molar-refractivity contribution is 0.102. The third kappa shape index (κ3) is 3.39. The van der Waals surface area contributed by atoms with Gasteiger partial charge >= 0.3 is 0 Å². The maximum atomic E-state index is 12.6. The zero-order chi connectivity index (χ0) is 17.1. The van der Waals surface area contributed by atoms with E-state index in [2.05, 4.69) is 15.3 Å². The second-order valence-electron chi connectivity index (χ2n) is 4.95. The summed E-state index contributed by atoms with van der Waals surface area (Å²) in [5.41, 5.74) is 1.91. The third-order valence-electron chi connectivity index (χ3n) is 3.30. The Bertz CT molecular complexity index is 881. The van der Waals surface area contributed by atoms with Crippen molar-refractivity contribution in [2.24, 2.45) is 0 Å². The zero-order valence-electron chi connectivity index (χ0n) is 13.0. The van der Waals surface area contributed by atoms with E-state index in [0.717, 1.165) is 5.69 Å². The maximum absolute atomic E-state index is 12.6. The summed E-state index contributed by atoms with van der Waals surface area (Å²) in [6.07, 6.45) is 1.70. The molecule has 0 aliphatic heterocycles. The molecule has 0 atom stereocenters. The van der Waals surface area contributed by atoms with Crippen LogP contribution in [0.25, 0.3) is 10.7 Å². The van der Waals surface area contributed by atoms with Gasteiger partial charge in [-0.1, -0.05) is 17.7 Å². The van der Waals surface area contributed by atoms with Gasteiger partial charge in [-0.05, 0) is 37.3 Å². The van der Waals surface area contributed by atoms with E-state index < -0.39 is 0 Å². The van der Waals surface area contributed by atoms with Crippen LogP contribution in [-0.2, 0) is 0 Å². The summed E-state index contributed by atoms with van der Waals surface area (Å²) in [7, 11) is 1.54. The molecular weight excluding hydrogens is 346 g/mol. The molecule has 24 heavy (non-hydrogen) atoms. The number of aromatic nitrogens is 2. The number of rotatable bonds is 4. The number of aryl methyl sites for hydroxylation is 1. The van der Waals surface area contributed by atoms with Gasteiger partial charge in [-0.2, -0.15) is 0 Å². The molecule has 2 aromatic heterocycles. The average Bonchev–Trinajstić information content (AvgIpc) is 2.98. The number of thiazole rings is 1. The van der Waals surface area contributed by atoms with Gasteiger partial charge in [-0.15, -0.1) is 11.3 Å². The molecule has 0 unspecified atom stereocenters. The van der Waals surface area contributed by atoms with Gasteiger partial charge in [0, 0.05) is 11.2 Å². The number of pyridine rings is 1. The highest BCUT2D eigenvalue weighted by atomic mass is 35.5. The number of ether oxygens (including phenoxy) is 1. The summed E-state index contributed by atoms with van der Waals surface area (Å²) >= 11 is 7.29. The normalized spacial score (nSPS) is 10.5. The fourth-order valence-corrected chi connectivity index (χ4v) is 3.27. The fourth-order valence-electron chi connectivity index (χ4n) is 2.16. The lowest BCUT2D eigenvalue weighted by Crippen LogP contribution is -2.12. The summed E-state index contributed by atoms with van der Waals surface area (Å²) < 4.78 is 5.25. The van der Waals surface area contributed by atoms with Gasteiger partial charge in [-0.25, -0.2) is 4.98 Å². The zero-order valence-corrected chi connectivity index (χ0v) is 14.6. The Labute approximate surface area is 148 Å². The van der Waals surface area contributed by atoms with E-state index in [-0.39, 0.29) is 5.91 Å². The summed E-state index contributed by atoms with van der Waals surface area (Å²) in [6, 6.07) is 10.6. The van der Waals surface area contributed by atoms with Gasteiger partial charge < -0.3 is 10.1 Å². The van der Waals surface area contributed by atoms with E-state index in [0.29, 0.717) is 32.0 Å². The molecule has 3 aromatic rings. The number of halogens is 1. The van der Waals surface area contributed by atoms with E-state index in [4.69, 9.17) is 16.3 Å². The highest BCUT2D eigenvalue weighted by Crippen LogP contribution is 2.30. The van der Waals surface area contributed by atoms with Gasteiger partial charge in [0.2, 0.25) is 0 Å². The van der Waals surface area contributed by atoms with Crippen molar-refractivity contribution in [3.63, 3.8) is 0 Å². The summed E-state index contributed by atoms with van der Waals surface area (Å²) in [5.74, 6) is 0.285. The van der Waals surface area contributed by atoms with Crippen molar-refractivity contribution in [2.45, 2.75) is 6.92 Å². The number of hydrogen-bond acceptors (Lipinski definition) is 5. The van der Waals surface area contributed by atoms with Crippen LogP contribution in [-0.4, -0.2) is 23.0 Å². The van der Waals surface area contributed by atoms with Gasteiger partial charge in [0.05, 0.1) is 24.2 Å². The first-order valence-electron chi connectivity index (χ1n) is 7.12. The molecule has 0 saturated carbocycles. The van der Waals surface area contributed by atoms with E-state index >= 15 is 0 Å². The second kappa shape index (κ2) is 6.98. The monoisotopic (exact) mass is 359 g/mol. The van der Waals surface area contributed by atoms with Crippen LogP contribution in [0.4, 0.5) is 5.69 Å². The van der Waals surface area contributed by atoms with Gasteiger partial charge in [-0.3, -0.25) is 9.78 Å². The van der Waals surface area contributed by atoms with Crippen molar-refractivity contribution in [3.8, 4) is 16.5 Å². The van der Waals surface area contributed by atoms with Crippen LogP contribution >= 0.6 is 22.9 Å². The Kier molecular flexibility index (Phi) is 4.78. The Morgan fingerprint density at radius 3 is 2.83 bits per heavy atom. The molecule has 122 valence electrons. The number of benzene rings is 1. The molecule has 0 radical (unpaired) electrons. The van der Waals surface area contributed by atoms with E-state index in [1.54, 1.807) is 31.3 Å². The Morgan fingerprint density at radius 2 is 2.12 bits per heavy atom. The van der Waals surface area contributed by atoms with Crippen LogP contribution in [0.3, 0.4) is 0 Å². The quantitative estimate of drug-likeness (QED) is 0.748. The molecule has 0 aliphatic rings. The molecule has 1 N–H and O–H groups in total. The number of carbonyl (C=O) groups is 1. The number of carbonyl (C=O) groups excluding carboxylic acids is 1. The largest absolute Gasteiger partial charge is 0.495 e. The summed E-state index contributed by atoms with van der Waals surface area (Å²) in [6.45, 7) is 1.80. The Balaban J connectivity index is 1.89. The van der Waals surface area contributed by atoms with Gasteiger partial charge in [0.15, 0.2) is 0 Å². The predicted octanol–water partition coefficient (Wildman–Crippen LogP) is 4.43. The highest BCUT2D eigenvalue weighted by Gasteiger charge is 2.18. The molecule has 0 saturated heterocycles. The number of amides is 1. The van der Waals surface area contributed by atoms with Gasteiger partial charge in [0.1, 0.15) is 15.6 Å². The summed E-state index contributed by atoms with van der Waals surface area (Å²) in [5, 5.41) is 4.05. The lowest BCUT2D eigenvalue weighted by atomic mass is 10.2. The lowest BCUT2D eigenvalue weighted by Gasteiger charge is -2.09. The van der Waals surface area contributed by atoms with Crippen molar-refractivity contribution < 1.29 is 9.53 Å². The molecule has 1 aromatic carbocycles. The highest BCUT2D eigenvalue weighted by molar-refractivity contribution is 7.17. The van der Waals surface area contributed by atoms with E-state index in [1.165, 1.54) is 18.4 Å². The average molecular weight is 360 g/mol. The first-order chi connectivity index (χ1) is 11.6. The predicted molar refractivity (Wildman–Crippen MR) is 96.0 cm³/mol. The summed E-state index contributed by atoms with van der Waals surface area (Å²) in [4.78, 5) is 21.8. The first-order valence-corrected chi connectivity index (χ1v) is 8.31. The number of nitrogens with zero attached hydrogens (tertiary/aromatic N) is 2. The topological polar surface area (TPSA) is 64.1 Å². The molecule has 1 amide bonds. The van der Waals surface area contributed by atoms with Gasteiger partial charge in [0.25, 0.3) is 5.91 Å². The second-order valence-corrected chi connectivity index (χ2v) is 6.38. The molecule has 3 rings (SSSR count). The van der Waals surface area contributed by atoms with E-state index in [9.17, 15) is 4.79 Å². The molecule has 0 aliphatic carbocycles.